The Hall–Kier alpha value is -2.36. The van der Waals surface area contributed by atoms with Crippen molar-refractivity contribution in [2.75, 3.05) is 31.2 Å². The monoisotopic (exact) mass is 441 g/mol. The molecular weight excluding hydrogens is 406 g/mol. The maximum Gasteiger partial charge on any atom is 0.149 e. The van der Waals surface area contributed by atoms with Gasteiger partial charge in [0, 0.05) is 18.8 Å². The van der Waals surface area contributed by atoms with Crippen LogP contribution in [0.25, 0.3) is 11.1 Å². The summed E-state index contributed by atoms with van der Waals surface area (Å²) in [7, 11) is -2.11. The number of rotatable bonds is 4. The lowest BCUT2D eigenvalue weighted by atomic mass is 9.94. The Bertz CT molecular complexity index is 1110. The lowest BCUT2D eigenvalue weighted by molar-refractivity contribution is 0.122. The molecule has 0 aromatic heterocycles. The van der Waals surface area contributed by atoms with E-state index in [-0.39, 0.29) is 0 Å². The normalized spacial score (nSPS) is 20.2. The summed E-state index contributed by atoms with van der Waals surface area (Å²) in [6, 6.07) is 27.1. The molecule has 2 heterocycles. The van der Waals surface area contributed by atoms with E-state index in [0.29, 0.717) is 5.41 Å². The number of anilines is 1. The molecule has 1 saturated heterocycles. The molecular formula is C29H35NOSi. The Balaban J connectivity index is 1.67. The smallest absolute Gasteiger partial charge is 0.149 e. The first-order valence-electron chi connectivity index (χ1n) is 12.0. The lowest BCUT2D eigenvalue weighted by Gasteiger charge is -2.34. The Morgan fingerprint density at radius 2 is 1.53 bits per heavy atom. The molecule has 1 fully saturated rings. The number of hydrogen-bond acceptors (Lipinski definition) is 2. The van der Waals surface area contributed by atoms with Crippen LogP contribution in [0, 0.1) is 12.3 Å². The van der Waals surface area contributed by atoms with Crippen molar-refractivity contribution in [3.8, 4) is 11.1 Å². The van der Waals surface area contributed by atoms with Crippen molar-refractivity contribution in [1.29, 1.82) is 0 Å². The van der Waals surface area contributed by atoms with E-state index in [2.05, 4.69) is 99.3 Å². The molecule has 0 spiro atoms. The molecule has 3 aromatic rings. The summed E-state index contributed by atoms with van der Waals surface area (Å²) >= 11 is 0. The van der Waals surface area contributed by atoms with Crippen LogP contribution in [0.5, 0.6) is 0 Å². The number of ether oxygens (including phenoxy) is 1. The average Bonchev–Trinajstić information content (AvgIpc) is 3.10. The van der Waals surface area contributed by atoms with Gasteiger partial charge in [0.2, 0.25) is 0 Å². The molecule has 2 nitrogen and oxygen atoms in total. The van der Waals surface area contributed by atoms with E-state index in [1.54, 1.807) is 15.6 Å². The molecule has 166 valence electrons. The van der Waals surface area contributed by atoms with Gasteiger partial charge in [-0.2, -0.15) is 0 Å². The largest absolute Gasteiger partial charge is 0.378 e. The van der Waals surface area contributed by atoms with Gasteiger partial charge in [-0.05, 0) is 69.2 Å². The molecule has 32 heavy (non-hydrogen) atoms. The summed E-state index contributed by atoms with van der Waals surface area (Å²) in [6.07, 6.45) is 1.23. The first-order valence-corrected chi connectivity index (χ1v) is 14.2. The van der Waals surface area contributed by atoms with E-state index < -0.39 is 8.07 Å². The molecule has 0 aliphatic carbocycles. The van der Waals surface area contributed by atoms with E-state index >= 15 is 0 Å². The Labute approximate surface area is 194 Å². The molecule has 0 N–H and O–H groups in total. The van der Waals surface area contributed by atoms with Crippen LogP contribution < -0.4 is 20.5 Å². The second kappa shape index (κ2) is 8.20. The van der Waals surface area contributed by atoms with E-state index in [9.17, 15) is 0 Å². The fraction of sp³-hybridized carbons (Fsp3) is 0.379. The summed E-state index contributed by atoms with van der Waals surface area (Å²) in [6.45, 7) is 13.1. The second-order valence-electron chi connectivity index (χ2n) is 10.7. The van der Waals surface area contributed by atoms with Gasteiger partial charge in [0.1, 0.15) is 8.07 Å². The van der Waals surface area contributed by atoms with Crippen molar-refractivity contribution < 1.29 is 4.74 Å². The Morgan fingerprint density at radius 3 is 2.25 bits per heavy atom. The van der Waals surface area contributed by atoms with Gasteiger partial charge in [0.15, 0.2) is 0 Å². The van der Waals surface area contributed by atoms with Gasteiger partial charge in [0.05, 0.1) is 13.2 Å². The molecule has 0 saturated carbocycles. The zero-order valence-corrected chi connectivity index (χ0v) is 20.9. The molecule has 0 radical (unpaired) electrons. The van der Waals surface area contributed by atoms with Gasteiger partial charge in [0.25, 0.3) is 0 Å². The van der Waals surface area contributed by atoms with E-state index in [1.165, 1.54) is 34.8 Å². The van der Waals surface area contributed by atoms with Crippen molar-refractivity contribution in [2.24, 2.45) is 5.41 Å². The third kappa shape index (κ3) is 3.62. The van der Waals surface area contributed by atoms with Crippen LogP contribution in [0.15, 0.2) is 66.7 Å². The fourth-order valence-electron chi connectivity index (χ4n) is 5.66. The third-order valence-corrected chi connectivity index (χ3v) is 12.4. The molecule has 2 aliphatic rings. The van der Waals surface area contributed by atoms with Crippen molar-refractivity contribution in [3.05, 3.63) is 72.3 Å². The molecule has 0 amide bonds. The van der Waals surface area contributed by atoms with Gasteiger partial charge in [-0.3, -0.25) is 0 Å². The number of aryl methyl sites for hydroxylation is 1. The van der Waals surface area contributed by atoms with Gasteiger partial charge >= 0.3 is 0 Å². The maximum absolute atomic E-state index is 5.56. The summed E-state index contributed by atoms with van der Waals surface area (Å²) in [5.74, 6) is 0. The van der Waals surface area contributed by atoms with Gasteiger partial charge in [-0.15, -0.1) is 0 Å². The van der Waals surface area contributed by atoms with E-state index in [4.69, 9.17) is 4.74 Å². The minimum Gasteiger partial charge on any atom is -0.378 e. The van der Waals surface area contributed by atoms with Crippen LogP contribution in [-0.2, 0) is 4.74 Å². The average molecular weight is 442 g/mol. The van der Waals surface area contributed by atoms with E-state index in [1.807, 2.05) is 0 Å². The first-order chi connectivity index (χ1) is 15.4. The predicted molar refractivity (Wildman–Crippen MR) is 140 cm³/mol. The highest BCUT2D eigenvalue weighted by atomic mass is 28.3. The van der Waals surface area contributed by atoms with Crippen LogP contribution in [0.2, 0.25) is 6.04 Å². The van der Waals surface area contributed by atoms with Crippen LogP contribution >= 0.6 is 0 Å². The molecule has 3 aromatic carbocycles. The minimum atomic E-state index is -2.11. The highest BCUT2D eigenvalue weighted by Gasteiger charge is 2.47. The fourth-order valence-corrected chi connectivity index (χ4v) is 11.5. The second-order valence-corrected chi connectivity index (χ2v) is 14.6. The lowest BCUT2D eigenvalue weighted by Crippen LogP contribution is -2.64. The molecule has 3 heteroatoms. The molecule has 2 aliphatic heterocycles. The first kappa shape index (κ1) is 21.5. The number of hydrogen-bond donors (Lipinski definition) is 0. The molecule has 0 bridgehead atoms. The number of benzene rings is 3. The quantitative estimate of drug-likeness (QED) is 0.543. The topological polar surface area (TPSA) is 12.5 Å². The summed E-state index contributed by atoms with van der Waals surface area (Å²) in [5.41, 5.74) is 6.02. The van der Waals surface area contributed by atoms with Crippen molar-refractivity contribution >= 4 is 29.3 Å². The van der Waals surface area contributed by atoms with Gasteiger partial charge in [-0.25, -0.2) is 0 Å². The molecule has 0 unspecified atom stereocenters. The van der Waals surface area contributed by atoms with Crippen molar-refractivity contribution in [2.45, 2.75) is 40.2 Å². The van der Waals surface area contributed by atoms with Gasteiger partial charge < -0.3 is 9.64 Å². The summed E-state index contributed by atoms with van der Waals surface area (Å²) in [5, 5.41) is 4.77. The predicted octanol–water partition coefficient (Wildman–Crippen LogP) is 4.72. The number of morpholine rings is 1. The summed E-state index contributed by atoms with van der Waals surface area (Å²) < 4.78 is 5.56. The van der Waals surface area contributed by atoms with Crippen LogP contribution in [-0.4, -0.2) is 34.4 Å². The minimum absolute atomic E-state index is 0.315. The maximum atomic E-state index is 5.56. The highest BCUT2D eigenvalue weighted by molar-refractivity contribution is 7.14. The SMILES string of the molecule is Cc1cccc2c1-c1ccccc1[Si@]2(CCC(C)(C)C)c1ccc(N2CCOCC2)cc1. The Kier molecular flexibility index (Phi) is 5.51. The number of fused-ring (bicyclic) bond motifs is 3. The van der Waals surface area contributed by atoms with E-state index in [0.717, 1.165) is 26.3 Å². The summed E-state index contributed by atoms with van der Waals surface area (Å²) in [4.78, 5) is 2.46. The van der Waals surface area contributed by atoms with Crippen molar-refractivity contribution in [1.82, 2.24) is 0 Å². The van der Waals surface area contributed by atoms with Crippen LogP contribution in [0.3, 0.4) is 0 Å². The number of nitrogens with zero attached hydrogens (tertiary/aromatic N) is 1. The van der Waals surface area contributed by atoms with Crippen LogP contribution in [0.1, 0.15) is 32.8 Å². The van der Waals surface area contributed by atoms with Gasteiger partial charge in [-0.1, -0.05) is 75.4 Å². The molecule has 1 atom stereocenters. The van der Waals surface area contributed by atoms with Crippen molar-refractivity contribution in [3.63, 3.8) is 0 Å². The zero-order chi connectivity index (χ0) is 22.3. The zero-order valence-electron chi connectivity index (χ0n) is 19.9. The Morgan fingerprint density at radius 1 is 0.844 bits per heavy atom. The van der Waals surface area contributed by atoms with Crippen LogP contribution in [0.4, 0.5) is 5.69 Å². The highest BCUT2D eigenvalue weighted by Crippen LogP contribution is 2.35. The molecule has 5 rings (SSSR count). The third-order valence-electron chi connectivity index (χ3n) is 7.38. The standard InChI is InChI=1S/C29H35NOSi/c1-22-8-7-11-27-28(22)25-9-5-6-10-26(25)32(27,21-16-29(2,3)4)24-14-12-23(13-15-24)30-17-19-31-20-18-30/h5-15H,16-21H2,1-4H3/t32-/m0/s1.